The summed E-state index contributed by atoms with van der Waals surface area (Å²) in [6.45, 7) is 0.483. The summed E-state index contributed by atoms with van der Waals surface area (Å²) in [4.78, 5) is 13.7. The van der Waals surface area contributed by atoms with Crippen LogP contribution in [0.15, 0.2) is 0 Å². The molecule has 86 valence electrons. The van der Waals surface area contributed by atoms with Gasteiger partial charge in [-0.05, 0) is 38.0 Å². The number of rotatable bonds is 4. The van der Waals surface area contributed by atoms with Crippen molar-refractivity contribution in [2.24, 2.45) is 5.92 Å². The van der Waals surface area contributed by atoms with Crippen LogP contribution < -0.4 is 0 Å². The van der Waals surface area contributed by atoms with Gasteiger partial charge in [-0.1, -0.05) is 15.9 Å². The van der Waals surface area contributed by atoms with Crippen LogP contribution in [0.3, 0.4) is 0 Å². The van der Waals surface area contributed by atoms with E-state index in [1.54, 1.807) is 11.9 Å². The lowest BCUT2D eigenvalue weighted by Gasteiger charge is -2.38. The molecule has 1 N–H and O–H groups in total. The Balaban J connectivity index is 1.83. The minimum atomic E-state index is -0.324. The Hall–Kier alpha value is -0.0900. The molecule has 0 aromatic carbocycles. The molecule has 3 nitrogen and oxygen atoms in total. The number of alkyl halides is 1. The van der Waals surface area contributed by atoms with Crippen molar-refractivity contribution in [2.75, 3.05) is 13.6 Å². The Labute approximate surface area is 99.0 Å². The molecular weight excluding hydrogens is 258 g/mol. The van der Waals surface area contributed by atoms with Crippen molar-refractivity contribution in [1.82, 2.24) is 4.90 Å². The zero-order valence-electron chi connectivity index (χ0n) is 9.08. The third-order valence-corrected chi connectivity index (χ3v) is 4.64. The van der Waals surface area contributed by atoms with Gasteiger partial charge in [0.25, 0.3) is 0 Å². The van der Waals surface area contributed by atoms with E-state index >= 15 is 0 Å². The first-order chi connectivity index (χ1) is 7.03. The third-order valence-electron chi connectivity index (χ3n) is 3.50. The molecule has 4 heteroatoms. The molecule has 0 bridgehead atoms. The molecule has 0 spiro atoms. The van der Waals surface area contributed by atoms with Gasteiger partial charge in [-0.2, -0.15) is 0 Å². The summed E-state index contributed by atoms with van der Waals surface area (Å²) in [5.74, 6) is 0.571. The molecule has 0 aromatic heterocycles. The van der Waals surface area contributed by atoms with Gasteiger partial charge in [0.1, 0.15) is 4.32 Å². The van der Waals surface area contributed by atoms with Crippen molar-refractivity contribution in [3.63, 3.8) is 0 Å². The summed E-state index contributed by atoms with van der Waals surface area (Å²) in [5, 5.41) is 9.76. The van der Waals surface area contributed by atoms with E-state index in [1.807, 2.05) is 0 Å². The summed E-state index contributed by atoms with van der Waals surface area (Å²) in [5.41, 5.74) is 0. The number of aliphatic hydroxyl groups is 1. The Morgan fingerprint density at radius 3 is 2.60 bits per heavy atom. The van der Waals surface area contributed by atoms with Gasteiger partial charge in [0.15, 0.2) is 0 Å². The van der Waals surface area contributed by atoms with Gasteiger partial charge in [0, 0.05) is 13.6 Å². The fourth-order valence-electron chi connectivity index (χ4n) is 2.04. The number of hydrogen-bond donors (Lipinski definition) is 1. The summed E-state index contributed by atoms with van der Waals surface area (Å²) in [7, 11) is 1.79. The zero-order chi connectivity index (χ0) is 11.1. The molecule has 2 saturated carbocycles. The van der Waals surface area contributed by atoms with Gasteiger partial charge >= 0.3 is 0 Å². The molecule has 2 aliphatic rings. The topological polar surface area (TPSA) is 40.5 Å². The SMILES string of the molecule is CN(CC(O)C1CC1)C(=O)C1(Br)CCC1. The van der Waals surface area contributed by atoms with E-state index in [2.05, 4.69) is 15.9 Å². The Morgan fingerprint density at radius 2 is 2.20 bits per heavy atom. The maximum absolute atomic E-state index is 12.0. The van der Waals surface area contributed by atoms with E-state index in [4.69, 9.17) is 0 Å². The molecule has 15 heavy (non-hydrogen) atoms. The highest BCUT2D eigenvalue weighted by Crippen LogP contribution is 2.41. The summed E-state index contributed by atoms with van der Waals surface area (Å²) in [6.07, 6.45) is 4.88. The van der Waals surface area contributed by atoms with Gasteiger partial charge in [0.2, 0.25) is 5.91 Å². The van der Waals surface area contributed by atoms with E-state index in [0.717, 1.165) is 32.1 Å². The normalized spacial score (nSPS) is 25.5. The quantitative estimate of drug-likeness (QED) is 0.791. The second kappa shape index (κ2) is 4.06. The van der Waals surface area contributed by atoms with Crippen molar-refractivity contribution < 1.29 is 9.90 Å². The van der Waals surface area contributed by atoms with Crippen LogP contribution in [0.2, 0.25) is 0 Å². The van der Waals surface area contributed by atoms with Crippen LogP contribution in [0.1, 0.15) is 32.1 Å². The van der Waals surface area contributed by atoms with Gasteiger partial charge in [0.05, 0.1) is 6.10 Å². The number of likely N-dealkylation sites (N-methyl/N-ethyl adjacent to an activating group) is 1. The highest BCUT2D eigenvalue weighted by molar-refractivity contribution is 9.10. The van der Waals surface area contributed by atoms with E-state index in [0.29, 0.717) is 12.5 Å². The van der Waals surface area contributed by atoms with Crippen LogP contribution in [0, 0.1) is 5.92 Å². The number of halogens is 1. The van der Waals surface area contributed by atoms with Crippen LogP contribution in [-0.4, -0.2) is 39.9 Å². The van der Waals surface area contributed by atoms with Gasteiger partial charge in [-0.3, -0.25) is 4.79 Å². The fourth-order valence-corrected chi connectivity index (χ4v) is 2.90. The smallest absolute Gasteiger partial charge is 0.239 e. The van der Waals surface area contributed by atoms with Crippen LogP contribution in [0.25, 0.3) is 0 Å². The fraction of sp³-hybridized carbons (Fsp3) is 0.909. The highest BCUT2D eigenvalue weighted by atomic mass is 79.9. The predicted octanol–water partition coefficient (Wildman–Crippen LogP) is 1.53. The van der Waals surface area contributed by atoms with Crippen molar-refractivity contribution >= 4 is 21.8 Å². The number of hydrogen-bond acceptors (Lipinski definition) is 2. The molecule has 1 atom stereocenters. The first-order valence-corrected chi connectivity index (χ1v) is 6.45. The predicted molar refractivity (Wildman–Crippen MR) is 61.9 cm³/mol. The van der Waals surface area contributed by atoms with E-state index < -0.39 is 0 Å². The molecule has 2 fully saturated rings. The standard InChI is InChI=1S/C11H18BrNO2/c1-13(7-9(14)8-3-4-8)10(15)11(12)5-2-6-11/h8-9,14H,2-7H2,1H3. The summed E-state index contributed by atoms with van der Waals surface area (Å²) < 4.78 is -0.314. The van der Waals surface area contributed by atoms with Crippen LogP contribution >= 0.6 is 15.9 Å². The largest absolute Gasteiger partial charge is 0.391 e. The van der Waals surface area contributed by atoms with Gasteiger partial charge < -0.3 is 10.0 Å². The average Bonchev–Trinajstić information content (AvgIpc) is 2.95. The summed E-state index contributed by atoms with van der Waals surface area (Å²) in [6, 6.07) is 0. The van der Waals surface area contributed by atoms with Gasteiger partial charge in [-0.15, -0.1) is 0 Å². The maximum Gasteiger partial charge on any atom is 0.239 e. The van der Waals surface area contributed by atoms with Crippen molar-refractivity contribution in [1.29, 1.82) is 0 Å². The van der Waals surface area contributed by atoms with Crippen molar-refractivity contribution in [3.8, 4) is 0 Å². The van der Waals surface area contributed by atoms with Gasteiger partial charge in [-0.25, -0.2) is 0 Å². The average molecular weight is 276 g/mol. The van der Waals surface area contributed by atoms with E-state index in [1.165, 1.54) is 0 Å². The Bertz CT molecular complexity index is 261. The molecular formula is C11H18BrNO2. The molecule has 0 aromatic rings. The lowest BCUT2D eigenvalue weighted by atomic mass is 9.84. The van der Waals surface area contributed by atoms with Crippen LogP contribution in [0.5, 0.6) is 0 Å². The summed E-state index contributed by atoms with van der Waals surface area (Å²) >= 11 is 3.50. The molecule has 2 rings (SSSR count). The minimum absolute atomic E-state index is 0.133. The van der Waals surface area contributed by atoms with E-state index in [9.17, 15) is 9.90 Å². The Kier molecular flexibility index (Phi) is 3.08. The monoisotopic (exact) mass is 275 g/mol. The van der Waals surface area contributed by atoms with E-state index in [-0.39, 0.29) is 16.3 Å². The molecule has 0 aliphatic heterocycles. The number of carbonyl (C=O) groups excluding carboxylic acids is 1. The maximum atomic E-state index is 12.0. The third kappa shape index (κ3) is 2.36. The molecule has 0 radical (unpaired) electrons. The molecule has 0 saturated heterocycles. The second-order valence-corrected chi connectivity index (χ2v) is 6.43. The lowest BCUT2D eigenvalue weighted by Crippen LogP contribution is -2.49. The van der Waals surface area contributed by atoms with Crippen LogP contribution in [0.4, 0.5) is 0 Å². The Morgan fingerprint density at radius 1 is 1.60 bits per heavy atom. The molecule has 0 heterocycles. The van der Waals surface area contributed by atoms with Crippen LogP contribution in [-0.2, 0) is 4.79 Å². The number of aliphatic hydroxyl groups excluding tert-OH is 1. The number of carbonyl (C=O) groups is 1. The van der Waals surface area contributed by atoms with Crippen molar-refractivity contribution in [3.05, 3.63) is 0 Å². The number of amides is 1. The first-order valence-electron chi connectivity index (χ1n) is 5.65. The first kappa shape index (κ1) is 11.4. The minimum Gasteiger partial charge on any atom is -0.391 e. The molecule has 1 amide bonds. The zero-order valence-corrected chi connectivity index (χ0v) is 10.7. The lowest BCUT2D eigenvalue weighted by molar-refractivity contribution is -0.135. The second-order valence-electron chi connectivity index (χ2n) is 4.91. The van der Waals surface area contributed by atoms with Crippen molar-refractivity contribution in [2.45, 2.75) is 42.5 Å². The molecule has 1 unspecified atom stereocenters. The highest BCUT2D eigenvalue weighted by Gasteiger charge is 2.44. The molecule has 2 aliphatic carbocycles. The number of nitrogens with zero attached hydrogens (tertiary/aromatic N) is 1.